The van der Waals surface area contributed by atoms with E-state index in [9.17, 15) is 0 Å². The van der Waals surface area contributed by atoms with Crippen molar-refractivity contribution in [2.45, 2.75) is 45.3 Å². The number of nitrogens with one attached hydrogen (secondary N) is 1. The molecule has 5 heteroatoms. The molecule has 4 rings (SSSR count). The van der Waals surface area contributed by atoms with Gasteiger partial charge in [0, 0.05) is 25.7 Å². The summed E-state index contributed by atoms with van der Waals surface area (Å²) in [4.78, 5) is 6.93. The maximum absolute atomic E-state index is 5.23. The minimum Gasteiger partial charge on any atom is -0.338 e. The van der Waals surface area contributed by atoms with Crippen LogP contribution in [0.15, 0.2) is 34.9 Å². The van der Waals surface area contributed by atoms with Gasteiger partial charge in [0.05, 0.1) is 6.54 Å². The zero-order valence-corrected chi connectivity index (χ0v) is 14.3. The molecule has 1 aliphatic heterocycles. The van der Waals surface area contributed by atoms with Crippen LogP contribution >= 0.6 is 0 Å². The Morgan fingerprint density at radius 2 is 2.08 bits per heavy atom. The monoisotopic (exact) mass is 326 g/mol. The molecule has 2 heterocycles. The number of rotatable bonds is 5. The first-order valence-corrected chi connectivity index (χ1v) is 9.07. The summed E-state index contributed by atoms with van der Waals surface area (Å²) in [6.07, 6.45) is 3.95. The van der Waals surface area contributed by atoms with Gasteiger partial charge in [-0.1, -0.05) is 41.9 Å². The predicted molar refractivity (Wildman–Crippen MR) is 92.2 cm³/mol. The third kappa shape index (κ3) is 3.52. The molecule has 1 aromatic heterocycles. The van der Waals surface area contributed by atoms with Crippen LogP contribution in [0.5, 0.6) is 0 Å². The number of hydrogen-bond acceptors (Lipinski definition) is 5. The summed E-state index contributed by atoms with van der Waals surface area (Å²) < 4.78 is 5.23. The Hall–Kier alpha value is -1.72. The van der Waals surface area contributed by atoms with E-state index in [0.717, 1.165) is 18.4 Å². The second-order valence-corrected chi connectivity index (χ2v) is 7.26. The van der Waals surface area contributed by atoms with Crippen molar-refractivity contribution < 1.29 is 4.52 Å². The van der Waals surface area contributed by atoms with Gasteiger partial charge in [0.1, 0.15) is 0 Å². The van der Waals surface area contributed by atoms with E-state index in [1.807, 2.05) is 6.92 Å². The Bertz CT molecular complexity index is 656. The van der Waals surface area contributed by atoms with Crippen molar-refractivity contribution in [3.05, 3.63) is 47.6 Å². The summed E-state index contributed by atoms with van der Waals surface area (Å²) in [7, 11) is 0. The number of benzene rings is 1. The smallest absolute Gasteiger partial charge is 0.240 e. The Balaban J connectivity index is 1.35. The molecule has 0 spiro atoms. The average Bonchev–Trinajstić information content (AvgIpc) is 3.19. The molecule has 1 saturated heterocycles. The van der Waals surface area contributed by atoms with Gasteiger partial charge in [-0.3, -0.25) is 4.90 Å². The van der Waals surface area contributed by atoms with Crippen molar-refractivity contribution in [1.82, 2.24) is 20.4 Å². The maximum Gasteiger partial charge on any atom is 0.240 e. The summed E-state index contributed by atoms with van der Waals surface area (Å²) in [5, 5.41) is 7.56. The molecule has 0 unspecified atom stereocenters. The van der Waals surface area contributed by atoms with Gasteiger partial charge in [-0.2, -0.15) is 4.98 Å². The molecule has 2 aromatic rings. The molecule has 5 nitrogen and oxygen atoms in total. The van der Waals surface area contributed by atoms with Gasteiger partial charge >= 0.3 is 0 Å². The Labute approximate surface area is 143 Å². The van der Waals surface area contributed by atoms with E-state index in [0.29, 0.717) is 24.3 Å². The number of nitrogens with zero attached hydrogens (tertiary/aromatic N) is 3. The number of hydrogen-bond donors (Lipinski definition) is 1. The summed E-state index contributed by atoms with van der Waals surface area (Å²) in [5.41, 5.74) is 1.42. The largest absolute Gasteiger partial charge is 0.338 e. The molecule has 0 amide bonds. The van der Waals surface area contributed by atoms with Crippen LogP contribution in [0.3, 0.4) is 0 Å². The van der Waals surface area contributed by atoms with Gasteiger partial charge in [-0.05, 0) is 37.2 Å². The van der Waals surface area contributed by atoms with Gasteiger partial charge in [-0.15, -0.1) is 0 Å². The van der Waals surface area contributed by atoms with E-state index in [1.165, 1.54) is 37.9 Å². The summed E-state index contributed by atoms with van der Waals surface area (Å²) in [5.74, 6) is 2.98. The Kier molecular flexibility index (Phi) is 4.63. The van der Waals surface area contributed by atoms with Crippen LogP contribution in [0.25, 0.3) is 0 Å². The highest BCUT2D eigenvalue weighted by Crippen LogP contribution is 2.37. The fourth-order valence-corrected chi connectivity index (χ4v) is 4.42. The van der Waals surface area contributed by atoms with Crippen LogP contribution in [0.2, 0.25) is 0 Å². The maximum atomic E-state index is 5.23. The highest BCUT2D eigenvalue weighted by Gasteiger charge is 2.39. The van der Waals surface area contributed by atoms with Crippen molar-refractivity contribution in [2.24, 2.45) is 11.8 Å². The molecule has 2 fully saturated rings. The number of aryl methyl sites for hydroxylation is 1. The van der Waals surface area contributed by atoms with Gasteiger partial charge < -0.3 is 9.84 Å². The summed E-state index contributed by atoms with van der Waals surface area (Å²) in [6.45, 7) is 6.05. The van der Waals surface area contributed by atoms with Crippen LogP contribution < -0.4 is 5.32 Å². The third-order valence-corrected chi connectivity index (χ3v) is 5.51. The zero-order valence-electron chi connectivity index (χ0n) is 14.3. The minimum atomic E-state index is 0.566. The zero-order chi connectivity index (χ0) is 16.4. The molecule has 1 aromatic carbocycles. The lowest BCUT2D eigenvalue weighted by molar-refractivity contribution is 0.214. The molecule has 128 valence electrons. The topological polar surface area (TPSA) is 54.2 Å². The normalized spacial score (nSPS) is 27.3. The second kappa shape index (κ2) is 7.03. The highest BCUT2D eigenvalue weighted by molar-refractivity contribution is 5.15. The second-order valence-electron chi connectivity index (χ2n) is 7.26. The average molecular weight is 326 g/mol. The van der Waals surface area contributed by atoms with Crippen molar-refractivity contribution in [3.8, 4) is 0 Å². The van der Waals surface area contributed by atoms with E-state index in [2.05, 4.69) is 50.7 Å². The van der Waals surface area contributed by atoms with Crippen molar-refractivity contribution in [3.63, 3.8) is 0 Å². The van der Waals surface area contributed by atoms with Gasteiger partial charge in [0.15, 0.2) is 5.82 Å². The standard InChI is InChI=1S/C19H26N4O/c1-14-21-19(24-22-14)10-20-18-9-5-8-16-12-23(13-17(16)18)11-15-6-3-2-4-7-15/h2-4,6-7,16-18,20H,5,8-13H2,1H3/t16-,17-,18-/m1/s1. The predicted octanol–water partition coefficient (Wildman–Crippen LogP) is 2.77. The van der Waals surface area contributed by atoms with E-state index in [1.54, 1.807) is 0 Å². The first-order chi connectivity index (χ1) is 11.8. The molecule has 0 bridgehead atoms. The van der Waals surface area contributed by atoms with Gasteiger partial charge in [0.25, 0.3) is 0 Å². The molecule has 1 N–H and O–H groups in total. The fraction of sp³-hybridized carbons (Fsp3) is 0.579. The minimum absolute atomic E-state index is 0.566. The van der Waals surface area contributed by atoms with E-state index in [-0.39, 0.29) is 0 Å². The lowest BCUT2D eigenvalue weighted by Gasteiger charge is -2.33. The van der Waals surface area contributed by atoms with E-state index in [4.69, 9.17) is 4.52 Å². The molecule has 24 heavy (non-hydrogen) atoms. The third-order valence-electron chi connectivity index (χ3n) is 5.51. The molecule has 2 aliphatic rings. The summed E-state index contributed by atoms with van der Waals surface area (Å²) in [6, 6.07) is 11.4. The highest BCUT2D eigenvalue weighted by atomic mass is 16.5. The molecule has 0 radical (unpaired) electrons. The van der Waals surface area contributed by atoms with Crippen LogP contribution in [0, 0.1) is 18.8 Å². The molecular formula is C19H26N4O. The summed E-state index contributed by atoms with van der Waals surface area (Å²) >= 11 is 0. The van der Waals surface area contributed by atoms with Crippen molar-refractivity contribution >= 4 is 0 Å². The van der Waals surface area contributed by atoms with E-state index >= 15 is 0 Å². The Morgan fingerprint density at radius 3 is 2.88 bits per heavy atom. The van der Waals surface area contributed by atoms with Gasteiger partial charge in [0.2, 0.25) is 5.89 Å². The first-order valence-electron chi connectivity index (χ1n) is 9.07. The van der Waals surface area contributed by atoms with Crippen LogP contribution in [-0.4, -0.2) is 34.2 Å². The van der Waals surface area contributed by atoms with Crippen LogP contribution in [0.4, 0.5) is 0 Å². The Morgan fingerprint density at radius 1 is 1.21 bits per heavy atom. The lowest BCUT2D eigenvalue weighted by Crippen LogP contribution is -2.42. The SMILES string of the molecule is Cc1noc(CN[C@@H]2CCC[C@@H]3CN(Cc4ccccc4)C[C@H]32)n1. The fourth-order valence-electron chi connectivity index (χ4n) is 4.42. The molecule has 1 aliphatic carbocycles. The van der Waals surface area contributed by atoms with Crippen molar-refractivity contribution in [1.29, 1.82) is 0 Å². The quantitative estimate of drug-likeness (QED) is 0.915. The molecular weight excluding hydrogens is 300 g/mol. The number of aromatic nitrogens is 2. The lowest BCUT2D eigenvalue weighted by atomic mass is 9.78. The number of fused-ring (bicyclic) bond motifs is 1. The van der Waals surface area contributed by atoms with Gasteiger partial charge in [-0.25, -0.2) is 0 Å². The first kappa shape index (κ1) is 15.8. The molecule has 1 saturated carbocycles. The van der Waals surface area contributed by atoms with Crippen LogP contribution in [0.1, 0.15) is 36.5 Å². The number of likely N-dealkylation sites (tertiary alicyclic amines) is 1. The van der Waals surface area contributed by atoms with Crippen LogP contribution in [-0.2, 0) is 13.1 Å². The van der Waals surface area contributed by atoms with E-state index < -0.39 is 0 Å². The van der Waals surface area contributed by atoms with Crippen molar-refractivity contribution in [2.75, 3.05) is 13.1 Å². The molecule has 3 atom stereocenters.